The van der Waals surface area contributed by atoms with E-state index < -0.39 is 0 Å². The Balaban J connectivity index is 2.14. The molecule has 4 nitrogen and oxygen atoms in total. The zero-order valence-electron chi connectivity index (χ0n) is 11.1. The average Bonchev–Trinajstić information content (AvgIpc) is 2.88. The van der Waals surface area contributed by atoms with Crippen LogP contribution in [0.5, 0.6) is 0 Å². The van der Waals surface area contributed by atoms with E-state index in [9.17, 15) is 0 Å². The third kappa shape index (κ3) is 3.65. The van der Waals surface area contributed by atoms with Crippen molar-refractivity contribution in [2.24, 2.45) is 0 Å². The summed E-state index contributed by atoms with van der Waals surface area (Å²) in [5.41, 5.74) is 0.894. The van der Waals surface area contributed by atoms with Crippen LogP contribution in [0.2, 0.25) is 0 Å². The Hall–Kier alpha value is -1.72. The van der Waals surface area contributed by atoms with Gasteiger partial charge in [-0.2, -0.15) is 0 Å². The van der Waals surface area contributed by atoms with E-state index in [1.165, 1.54) is 0 Å². The van der Waals surface area contributed by atoms with Crippen molar-refractivity contribution in [3.05, 3.63) is 59.9 Å². The maximum atomic E-state index is 5.71. The molecule has 0 fully saturated rings. The molecule has 0 aliphatic carbocycles. The van der Waals surface area contributed by atoms with E-state index in [0.717, 1.165) is 23.1 Å². The lowest BCUT2D eigenvalue weighted by molar-refractivity contribution is 0.289. The highest BCUT2D eigenvalue weighted by Crippen LogP contribution is 2.26. The molecule has 1 heterocycles. The topological polar surface area (TPSA) is 42.2 Å². The standard InChI is InChI=1S/C15H16BrN3O/c1-3-9-19(10-4-2)11-14-17-18-15(20-14)12-7-5-6-8-13(12)16/h3-8H,1-2,9-11H2. The Labute approximate surface area is 126 Å². The zero-order valence-corrected chi connectivity index (χ0v) is 12.7. The fourth-order valence-corrected chi connectivity index (χ4v) is 2.28. The van der Waals surface area contributed by atoms with E-state index in [0.29, 0.717) is 18.3 Å². The molecule has 20 heavy (non-hydrogen) atoms. The molecule has 0 saturated heterocycles. The Morgan fingerprint density at radius 2 is 1.85 bits per heavy atom. The van der Waals surface area contributed by atoms with Gasteiger partial charge in [-0.3, -0.25) is 4.90 Å². The predicted molar refractivity (Wildman–Crippen MR) is 83.1 cm³/mol. The molecule has 1 aromatic heterocycles. The summed E-state index contributed by atoms with van der Waals surface area (Å²) in [5, 5.41) is 8.19. The van der Waals surface area contributed by atoms with Gasteiger partial charge in [0.15, 0.2) is 0 Å². The van der Waals surface area contributed by atoms with E-state index in [1.807, 2.05) is 36.4 Å². The first-order valence-electron chi connectivity index (χ1n) is 6.26. The van der Waals surface area contributed by atoms with E-state index in [1.54, 1.807) is 0 Å². The molecule has 0 aliphatic rings. The summed E-state index contributed by atoms with van der Waals surface area (Å²) in [6.45, 7) is 9.56. The van der Waals surface area contributed by atoms with Crippen molar-refractivity contribution >= 4 is 15.9 Å². The quantitative estimate of drug-likeness (QED) is 0.725. The van der Waals surface area contributed by atoms with Crippen molar-refractivity contribution in [1.29, 1.82) is 0 Å². The molecule has 0 aliphatic heterocycles. The smallest absolute Gasteiger partial charge is 0.248 e. The average molecular weight is 334 g/mol. The SMILES string of the molecule is C=CCN(CC=C)Cc1nnc(-c2ccccc2Br)o1. The van der Waals surface area contributed by atoms with Gasteiger partial charge >= 0.3 is 0 Å². The van der Waals surface area contributed by atoms with Gasteiger partial charge in [-0.05, 0) is 28.1 Å². The number of benzene rings is 1. The first kappa shape index (κ1) is 14.7. The molecule has 5 heteroatoms. The molecule has 0 saturated carbocycles. The molecule has 0 spiro atoms. The van der Waals surface area contributed by atoms with Gasteiger partial charge in [0.1, 0.15) is 0 Å². The largest absolute Gasteiger partial charge is 0.419 e. The molecular weight excluding hydrogens is 318 g/mol. The molecule has 0 atom stereocenters. The maximum Gasteiger partial charge on any atom is 0.248 e. The Bertz CT molecular complexity index is 584. The lowest BCUT2D eigenvalue weighted by Crippen LogP contribution is -2.23. The number of nitrogens with zero attached hydrogens (tertiary/aromatic N) is 3. The van der Waals surface area contributed by atoms with Gasteiger partial charge in [0, 0.05) is 17.6 Å². The summed E-state index contributed by atoms with van der Waals surface area (Å²) in [6.07, 6.45) is 3.68. The number of aromatic nitrogens is 2. The molecular formula is C15H16BrN3O. The molecule has 2 rings (SSSR count). The molecule has 0 radical (unpaired) electrons. The van der Waals surface area contributed by atoms with Gasteiger partial charge in [-0.15, -0.1) is 23.4 Å². The molecule has 1 aromatic carbocycles. The van der Waals surface area contributed by atoms with Crippen LogP contribution in [0.25, 0.3) is 11.5 Å². The fourth-order valence-electron chi connectivity index (χ4n) is 1.82. The summed E-state index contributed by atoms with van der Waals surface area (Å²) < 4.78 is 6.65. The van der Waals surface area contributed by atoms with E-state index in [2.05, 4.69) is 44.2 Å². The highest BCUT2D eigenvalue weighted by Gasteiger charge is 2.13. The molecule has 0 N–H and O–H groups in total. The number of hydrogen-bond donors (Lipinski definition) is 0. The van der Waals surface area contributed by atoms with Gasteiger partial charge in [-0.25, -0.2) is 0 Å². The second-order valence-electron chi connectivity index (χ2n) is 4.25. The molecule has 0 amide bonds. The Morgan fingerprint density at radius 3 is 2.50 bits per heavy atom. The summed E-state index contributed by atoms with van der Waals surface area (Å²) in [7, 11) is 0. The van der Waals surface area contributed by atoms with Gasteiger partial charge in [0.25, 0.3) is 0 Å². The van der Waals surface area contributed by atoms with Crippen molar-refractivity contribution in [3.63, 3.8) is 0 Å². The molecule has 2 aromatic rings. The van der Waals surface area contributed by atoms with Crippen molar-refractivity contribution in [2.45, 2.75) is 6.54 Å². The number of halogens is 1. The van der Waals surface area contributed by atoms with Crippen LogP contribution >= 0.6 is 15.9 Å². The minimum atomic E-state index is 0.518. The normalized spacial score (nSPS) is 10.7. The second-order valence-corrected chi connectivity index (χ2v) is 5.11. The second kappa shape index (κ2) is 7.17. The van der Waals surface area contributed by atoms with Crippen molar-refractivity contribution in [2.75, 3.05) is 13.1 Å². The number of rotatable bonds is 7. The van der Waals surface area contributed by atoms with Gasteiger partial charge < -0.3 is 4.42 Å². The minimum absolute atomic E-state index is 0.518. The molecule has 0 bridgehead atoms. The summed E-state index contributed by atoms with van der Waals surface area (Å²) in [4.78, 5) is 2.11. The highest BCUT2D eigenvalue weighted by atomic mass is 79.9. The Morgan fingerprint density at radius 1 is 1.15 bits per heavy atom. The predicted octanol–water partition coefficient (Wildman–Crippen LogP) is 3.67. The monoisotopic (exact) mass is 333 g/mol. The molecule has 0 unspecified atom stereocenters. The van der Waals surface area contributed by atoms with Crippen LogP contribution in [0.15, 0.2) is 58.5 Å². The lowest BCUT2D eigenvalue weighted by atomic mass is 10.2. The van der Waals surface area contributed by atoms with Crippen LogP contribution in [0, 0.1) is 0 Å². The van der Waals surface area contributed by atoms with Crippen LogP contribution in [0.1, 0.15) is 5.89 Å². The summed E-state index contributed by atoms with van der Waals surface area (Å²) in [5.74, 6) is 1.10. The van der Waals surface area contributed by atoms with Crippen LogP contribution in [-0.4, -0.2) is 28.2 Å². The lowest BCUT2D eigenvalue weighted by Gasteiger charge is -2.15. The summed E-state index contributed by atoms with van der Waals surface area (Å²) >= 11 is 3.48. The van der Waals surface area contributed by atoms with Crippen LogP contribution in [-0.2, 0) is 6.54 Å². The Kier molecular flexibility index (Phi) is 5.26. The van der Waals surface area contributed by atoms with Crippen LogP contribution < -0.4 is 0 Å². The van der Waals surface area contributed by atoms with Crippen LogP contribution in [0.4, 0.5) is 0 Å². The third-order valence-electron chi connectivity index (χ3n) is 2.70. The van der Waals surface area contributed by atoms with Crippen molar-refractivity contribution in [3.8, 4) is 11.5 Å². The van der Waals surface area contributed by atoms with Crippen molar-refractivity contribution in [1.82, 2.24) is 15.1 Å². The van der Waals surface area contributed by atoms with Crippen molar-refractivity contribution < 1.29 is 4.42 Å². The van der Waals surface area contributed by atoms with Gasteiger partial charge in [0.2, 0.25) is 11.8 Å². The fraction of sp³-hybridized carbons (Fsp3) is 0.200. The zero-order chi connectivity index (χ0) is 14.4. The third-order valence-corrected chi connectivity index (χ3v) is 3.40. The van der Waals surface area contributed by atoms with E-state index >= 15 is 0 Å². The maximum absolute atomic E-state index is 5.71. The number of hydrogen-bond acceptors (Lipinski definition) is 4. The first-order valence-corrected chi connectivity index (χ1v) is 7.05. The van der Waals surface area contributed by atoms with Gasteiger partial charge in [0.05, 0.1) is 12.1 Å². The summed E-state index contributed by atoms with van der Waals surface area (Å²) in [6, 6.07) is 7.76. The van der Waals surface area contributed by atoms with Crippen LogP contribution in [0.3, 0.4) is 0 Å². The first-order chi connectivity index (χ1) is 9.74. The molecule has 104 valence electrons. The van der Waals surface area contributed by atoms with Gasteiger partial charge in [-0.1, -0.05) is 24.3 Å². The van der Waals surface area contributed by atoms with E-state index in [4.69, 9.17) is 4.42 Å². The minimum Gasteiger partial charge on any atom is -0.419 e. The highest BCUT2D eigenvalue weighted by molar-refractivity contribution is 9.10. The van der Waals surface area contributed by atoms with E-state index in [-0.39, 0.29) is 0 Å².